The number of benzene rings is 1. The van der Waals surface area contributed by atoms with Crippen LogP contribution in [0.3, 0.4) is 0 Å². The molecule has 1 heterocycles. The molecule has 1 aliphatic rings. The molecular weight excluding hydrogens is 205 g/mol. The molecule has 3 heteroatoms. The van der Waals surface area contributed by atoms with Crippen molar-refractivity contribution in [1.82, 2.24) is 4.90 Å². The van der Waals surface area contributed by atoms with E-state index in [2.05, 4.69) is 6.04 Å². The zero-order valence-electron chi connectivity index (χ0n) is 8.99. The Balaban J connectivity index is 2.22. The van der Waals surface area contributed by atoms with E-state index >= 15 is 0 Å². The summed E-state index contributed by atoms with van der Waals surface area (Å²) in [6.07, 6.45) is 6.22. The first-order valence-corrected chi connectivity index (χ1v) is 5.34. The monoisotopic (exact) mass is 219 g/mol. The molecule has 0 radical (unpaired) electrons. The van der Waals surface area contributed by atoms with Gasteiger partial charge in [-0.05, 0) is 18.9 Å². The van der Waals surface area contributed by atoms with Crippen LogP contribution in [0.25, 0.3) is 0 Å². The SMILES string of the molecule is C#CN1CCC(O)(c2ccccc2F)CC1. The van der Waals surface area contributed by atoms with E-state index in [1.165, 1.54) is 6.07 Å². The number of likely N-dealkylation sites (tertiary alicyclic amines) is 1. The fraction of sp³-hybridized carbons (Fsp3) is 0.385. The molecule has 0 atom stereocenters. The predicted molar refractivity (Wildman–Crippen MR) is 59.9 cm³/mol. The van der Waals surface area contributed by atoms with Gasteiger partial charge in [-0.1, -0.05) is 24.6 Å². The van der Waals surface area contributed by atoms with Crippen molar-refractivity contribution in [3.8, 4) is 12.5 Å². The minimum atomic E-state index is -1.07. The van der Waals surface area contributed by atoms with Gasteiger partial charge in [-0.2, -0.15) is 0 Å². The van der Waals surface area contributed by atoms with Crippen LogP contribution >= 0.6 is 0 Å². The van der Waals surface area contributed by atoms with Crippen LogP contribution in [-0.2, 0) is 5.60 Å². The number of halogens is 1. The summed E-state index contributed by atoms with van der Waals surface area (Å²) in [7, 11) is 0. The van der Waals surface area contributed by atoms with Crippen molar-refractivity contribution < 1.29 is 9.50 Å². The van der Waals surface area contributed by atoms with E-state index in [1.807, 2.05) is 0 Å². The van der Waals surface area contributed by atoms with Crippen LogP contribution in [0.5, 0.6) is 0 Å². The smallest absolute Gasteiger partial charge is 0.129 e. The van der Waals surface area contributed by atoms with Crippen LogP contribution in [0.4, 0.5) is 4.39 Å². The fourth-order valence-corrected chi connectivity index (χ4v) is 2.11. The quantitative estimate of drug-likeness (QED) is 0.727. The van der Waals surface area contributed by atoms with E-state index in [0.717, 1.165) is 0 Å². The molecule has 0 saturated carbocycles. The minimum Gasteiger partial charge on any atom is -0.385 e. The standard InChI is InChI=1S/C13H14FNO/c1-2-15-9-7-13(16,8-10-15)11-5-3-4-6-12(11)14/h1,3-6,16H,7-10H2. The van der Waals surface area contributed by atoms with E-state index in [0.29, 0.717) is 31.5 Å². The Bertz CT molecular complexity index is 416. The maximum absolute atomic E-state index is 13.6. The molecule has 0 spiro atoms. The largest absolute Gasteiger partial charge is 0.385 e. The third-order valence-electron chi connectivity index (χ3n) is 3.15. The molecular formula is C13H14FNO. The number of terminal acetylenes is 1. The Morgan fingerprint density at radius 1 is 1.31 bits per heavy atom. The minimum absolute atomic E-state index is 0.348. The summed E-state index contributed by atoms with van der Waals surface area (Å²) in [6.45, 7) is 1.20. The number of nitrogens with zero attached hydrogens (tertiary/aromatic N) is 1. The Morgan fingerprint density at radius 2 is 1.94 bits per heavy atom. The molecule has 0 aromatic heterocycles. The normalized spacial score (nSPS) is 19.2. The lowest BCUT2D eigenvalue weighted by Crippen LogP contribution is -2.41. The topological polar surface area (TPSA) is 23.5 Å². The first kappa shape index (κ1) is 11.0. The van der Waals surface area contributed by atoms with E-state index in [1.54, 1.807) is 23.1 Å². The van der Waals surface area contributed by atoms with Crippen molar-refractivity contribution in [3.63, 3.8) is 0 Å². The van der Waals surface area contributed by atoms with Gasteiger partial charge >= 0.3 is 0 Å². The number of rotatable bonds is 1. The molecule has 84 valence electrons. The van der Waals surface area contributed by atoms with Gasteiger partial charge in [0, 0.05) is 24.7 Å². The Morgan fingerprint density at radius 3 is 2.50 bits per heavy atom. The fourth-order valence-electron chi connectivity index (χ4n) is 2.11. The lowest BCUT2D eigenvalue weighted by molar-refractivity contribution is -0.0169. The van der Waals surface area contributed by atoms with Gasteiger partial charge < -0.3 is 10.0 Å². The highest BCUT2D eigenvalue weighted by Gasteiger charge is 2.35. The van der Waals surface area contributed by atoms with Gasteiger partial charge in [0.1, 0.15) is 5.82 Å². The molecule has 1 N–H and O–H groups in total. The first-order chi connectivity index (χ1) is 7.65. The van der Waals surface area contributed by atoms with Crippen molar-refractivity contribution in [2.24, 2.45) is 0 Å². The van der Waals surface area contributed by atoms with Crippen LogP contribution in [0.1, 0.15) is 18.4 Å². The maximum Gasteiger partial charge on any atom is 0.129 e. The van der Waals surface area contributed by atoms with Crippen molar-refractivity contribution in [2.75, 3.05) is 13.1 Å². The molecule has 1 aliphatic heterocycles. The Labute approximate surface area is 94.7 Å². The van der Waals surface area contributed by atoms with Gasteiger partial charge in [-0.3, -0.25) is 0 Å². The summed E-state index contributed by atoms with van der Waals surface area (Å²) in [6, 6.07) is 8.92. The van der Waals surface area contributed by atoms with Gasteiger partial charge in [0.2, 0.25) is 0 Å². The molecule has 1 aromatic carbocycles. The second-order valence-electron chi connectivity index (χ2n) is 4.13. The van der Waals surface area contributed by atoms with E-state index < -0.39 is 5.60 Å². The lowest BCUT2D eigenvalue weighted by atomic mass is 9.84. The average molecular weight is 219 g/mol. The molecule has 0 amide bonds. The highest BCUT2D eigenvalue weighted by molar-refractivity contribution is 5.25. The van der Waals surface area contributed by atoms with Gasteiger partial charge in [0.15, 0.2) is 0 Å². The molecule has 1 fully saturated rings. The third kappa shape index (κ3) is 1.89. The Hall–Kier alpha value is -1.53. The highest BCUT2D eigenvalue weighted by Crippen LogP contribution is 2.33. The second kappa shape index (κ2) is 4.15. The zero-order valence-corrected chi connectivity index (χ0v) is 8.99. The highest BCUT2D eigenvalue weighted by atomic mass is 19.1. The van der Waals surface area contributed by atoms with Crippen LogP contribution in [0.15, 0.2) is 24.3 Å². The van der Waals surface area contributed by atoms with E-state index in [4.69, 9.17) is 6.42 Å². The number of hydrogen-bond donors (Lipinski definition) is 1. The summed E-state index contributed by atoms with van der Waals surface area (Å²) in [5, 5.41) is 10.4. The summed E-state index contributed by atoms with van der Waals surface area (Å²) in [5.41, 5.74) is -0.690. The number of aliphatic hydroxyl groups is 1. The zero-order chi connectivity index (χ0) is 11.6. The molecule has 1 aromatic rings. The number of hydrogen-bond acceptors (Lipinski definition) is 2. The van der Waals surface area contributed by atoms with Crippen molar-refractivity contribution in [2.45, 2.75) is 18.4 Å². The second-order valence-corrected chi connectivity index (χ2v) is 4.13. The lowest BCUT2D eigenvalue weighted by Gasteiger charge is -2.37. The van der Waals surface area contributed by atoms with Crippen molar-refractivity contribution in [3.05, 3.63) is 35.6 Å². The van der Waals surface area contributed by atoms with E-state index in [9.17, 15) is 9.50 Å². The summed E-state index contributed by atoms with van der Waals surface area (Å²) in [4.78, 5) is 1.80. The van der Waals surface area contributed by atoms with Gasteiger partial charge in [0.05, 0.1) is 5.60 Å². The molecule has 0 unspecified atom stereocenters. The average Bonchev–Trinajstić information content (AvgIpc) is 2.30. The maximum atomic E-state index is 13.6. The van der Waals surface area contributed by atoms with Crippen LogP contribution in [-0.4, -0.2) is 23.1 Å². The summed E-state index contributed by atoms with van der Waals surface area (Å²) in [5.74, 6) is -0.348. The van der Waals surface area contributed by atoms with Crippen LogP contribution in [0, 0.1) is 18.3 Å². The number of piperidine rings is 1. The van der Waals surface area contributed by atoms with Gasteiger partial charge in [-0.15, -0.1) is 0 Å². The summed E-state index contributed by atoms with van der Waals surface area (Å²) >= 11 is 0. The van der Waals surface area contributed by atoms with Crippen LogP contribution in [0.2, 0.25) is 0 Å². The van der Waals surface area contributed by atoms with Gasteiger partial charge in [0.25, 0.3) is 0 Å². The van der Waals surface area contributed by atoms with E-state index in [-0.39, 0.29) is 5.82 Å². The molecule has 2 rings (SSSR count). The summed E-state index contributed by atoms with van der Waals surface area (Å²) < 4.78 is 13.6. The Kier molecular flexibility index (Phi) is 2.84. The molecule has 2 nitrogen and oxygen atoms in total. The van der Waals surface area contributed by atoms with Crippen LogP contribution < -0.4 is 0 Å². The molecule has 0 aliphatic carbocycles. The molecule has 1 saturated heterocycles. The third-order valence-corrected chi connectivity index (χ3v) is 3.15. The first-order valence-electron chi connectivity index (χ1n) is 5.34. The molecule has 0 bridgehead atoms. The molecule has 16 heavy (non-hydrogen) atoms. The predicted octanol–water partition coefficient (Wildman–Crippen LogP) is 1.70. The van der Waals surface area contributed by atoms with Gasteiger partial charge in [-0.25, -0.2) is 4.39 Å². The van der Waals surface area contributed by atoms with Crippen molar-refractivity contribution >= 4 is 0 Å². The van der Waals surface area contributed by atoms with Crippen molar-refractivity contribution in [1.29, 1.82) is 0 Å².